The summed E-state index contributed by atoms with van der Waals surface area (Å²) in [4.78, 5) is 31.5. The Morgan fingerprint density at radius 3 is 2.60 bits per heavy atom. The fourth-order valence-electron chi connectivity index (χ4n) is 3.82. The summed E-state index contributed by atoms with van der Waals surface area (Å²) in [6.45, 7) is 7.20. The molecule has 8 nitrogen and oxygen atoms in total. The van der Waals surface area contributed by atoms with Crippen LogP contribution in [-0.2, 0) is 13.6 Å². The smallest absolute Gasteiger partial charge is 0.332 e. The molecule has 0 unspecified atom stereocenters. The number of likely N-dealkylation sites (tertiary alicyclic amines) is 1. The van der Waals surface area contributed by atoms with Gasteiger partial charge in [0.1, 0.15) is 5.76 Å². The van der Waals surface area contributed by atoms with E-state index in [0.717, 1.165) is 31.1 Å². The molecule has 0 spiro atoms. The fourth-order valence-corrected chi connectivity index (χ4v) is 3.82. The molecular weight excluding hydrogens is 322 g/mol. The molecule has 4 rings (SSSR count). The molecule has 25 heavy (non-hydrogen) atoms. The summed E-state index contributed by atoms with van der Waals surface area (Å²) in [7, 11) is 1.66. The second-order valence-corrected chi connectivity index (χ2v) is 7.00. The number of quaternary nitrogens is 1. The molecule has 4 heterocycles. The number of nitrogens with one attached hydrogen (secondary N) is 1. The van der Waals surface area contributed by atoms with Gasteiger partial charge < -0.3 is 9.32 Å². The number of hydrogen-bond donors (Lipinski definition) is 1. The van der Waals surface area contributed by atoms with Gasteiger partial charge in [-0.05, 0) is 33.1 Å². The minimum Gasteiger partial charge on any atom is -0.428 e. The first kappa shape index (κ1) is 16.1. The van der Waals surface area contributed by atoms with Gasteiger partial charge in [-0.15, -0.1) is 0 Å². The molecule has 1 aliphatic heterocycles. The molecule has 0 radical (unpaired) electrons. The third-order valence-corrected chi connectivity index (χ3v) is 5.45. The predicted octanol–water partition coefficient (Wildman–Crippen LogP) is -0.373. The molecule has 0 saturated carbocycles. The maximum absolute atomic E-state index is 13.0. The Bertz CT molecular complexity index is 1060. The van der Waals surface area contributed by atoms with Crippen LogP contribution in [0.2, 0.25) is 0 Å². The van der Waals surface area contributed by atoms with E-state index < -0.39 is 0 Å². The van der Waals surface area contributed by atoms with Crippen molar-refractivity contribution in [1.82, 2.24) is 18.5 Å². The summed E-state index contributed by atoms with van der Waals surface area (Å²) < 4.78 is 10.1. The first-order valence-corrected chi connectivity index (χ1v) is 8.90. The molecule has 0 bridgehead atoms. The van der Waals surface area contributed by atoms with Crippen molar-refractivity contribution < 1.29 is 9.32 Å². The van der Waals surface area contributed by atoms with Crippen LogP contribution in [0.1, 0.15) is 30.7 Å². The number of aromatic nitrogens is 4. The highest BCUT2D eigenvalue weighted by Crippen LogP contribution is 2.19. The number of oxazole rings is 1. The monoisotopic (exact) mass is 346 g/mol. The van der Waals surface area contributed by atoms with Crippen LogP contribution < -0.4 is 16.1 Å². The zero-order valence-corrected chi connectivity index (χ0v) is 15.0. The Kier molecular flexibility index (Phi) is 3.79. The van der Waals surface area contributed by atoms with Crippen molar-refractivity contribution in [3.8, 4) is 0 Å². The summed E-state index contributed by atoms with van der Waals surface area (Å²) >= 11 is 0. The van der Waals surface area contributed by atoms with E-state index in [0.29, 0.717) is 23.6 Å². The highest BCUT2D eigenvalue weighted by Gasteiger charge is 2.22. The van der Waals surface area contributed by atoms with Crippen LogP contribution in [0.15, 0.2) is 14.0 Å². The molecule has 3 aromatic heterocycles. The minimum absolute atomic E-state index is 0.286. The lowest BCUT2D eigenvalue weighted by Gasteiger charge is -2.23. The lowest BCUT2D eigenvalue weighted by atomic mass is 10.1. The molecule has 1 N–H and O–H groups in total. The summed E-state index contributed by atoms with van der Waals surface area (Å²) in [5.74, 6) is 1.08. The van der Waals surface area contributed by atoms with Crippen molar-refractivity contribution in [3.63, 3.8) is 0 Å². The molecule has 0 aromatic carbocycles. The van der Waals surface area contributed by atoms with E-state index in [1.807, 2.05) is 13.8 Å². The van der Waals surface area contributed by atoms with Crippen LogP contribution in [-0.4, -0.2) is 38.2 Å². The Labute approximate surface area is 144 Å². The van der Waals surface area contributed by atoms with Crippen LogP contribution in [0.25, 0.3) is 17.0 Å². The summed E-state index contributed by atoms with van der Waals surface area (Å²) in [6.07, 6.45) is 3.72. The molecule has 3 aromatic rings. The first-order valence-electron chi connectivity index (χ1n) is 8.90. The Morgan fingerprint density at radius 2 is 1.88 bits per heavy atom. The average molecular weight is 346 g/mol. The molecule has 0 aliphatic carbocycles. The number of fused-ring (bicyclic) bond motifs is 3. The van der Waals surface area contributed by atoms with E-state index in [2.05, 4.69) is 4.98 Å². The molecular formula is C17H24N5O3+. The minimum atomic E-state index is -0.316. The summed E-state index contributed by atoms with van der Waals surface area (Å²) in [5, 5.41) is 0. The molecule has 1 fully saturated rings. The zero-order valence-electron chi connectivity index (χ0n) is 15.0. The fraction of sp³-hybridized carbons (Fsp3) is 0.588. The molecule has 1 aliphatic rings. The van der Waals surface area contributed by atoms with E-state index in [1.54, 1.807) is 11.4 Å². The number of aryl methyl sites for hydroxylation is 3. The second-order valence-electron chi connectivity index (χ2n) is 7.00. The molecule has 134 valence electrons. The number of rotatable bonds is 3. The number of piperidine rings is 1. The van der Waals surface area contributed by atoms with Crippen molar-refractivity contribution in [3.05, 3.63) is 32.3 Å². The van der Waals surface area contributed by atoms with Crippen LogP contribution >= 0.6 is 0 Å². The van der Waals surface area contributed by atoms with E-state index in [9.17, 15) is 9.59 Å². The largest absolute Gasteiger partial charge is 0.428 e. The highest BCUT2D eigenvalue weighted by molar-refractivity contribution is 5.75. The second kappa shape index (κ2) is 5.87. The van der Waals surface area contributed by atoms with Gasteiger partial charge in [-0.2, -0.15) is 4.98 Å². The van der Waals surface area contributed by atoms with Crippen LogP contribution in [0.4, 0.5) is 0 Å². The van der Waals surface area contributed by atoms with Crippen molar-refractivity contribution in [2.45, 2.75) is 39.7 Å². The van der Waals surface area contributed by atoms with Crippen LogP contribution in [0, 0.1) is 13.8 Å². The van der Waals surface area contributed by atoms with Gasteiger partial charge in [-0.25, -0.2) is 4.79 Å². The van der Waals surface area contributed by atoms with Crippen molar-refractivity contribution in [2.24, 2.45) is 7.05 Å². The Balaban J connectivity index is 1.84. The maximum atomic E-state index is 13.0. The molecule has 8 heteroatoms. The SMILES string of the molecule is Cc1oc2nc3c(c(=O)n(CC[NH+]4CCCCC4)c(=O)n3C)n2c1C. The van der Waals surface area contributed by atoms with Crippen LogP contribution in [0.5, 0.6) is 0 Å². The van der Waals surface area contributed by atoms with Crippen molar-refractivity contribution >= 4 is 17.0 Å². The molecule has 1 saturated heterocycles. The van der Waals surface area contributed by atoms with E-state index in [1.165, 1.54) is 33.3 Å². The third-order valence-electron chi connectivity index (χ3n) is 5.45. The molecule has 0 atom stereocenters. The van der Waals surface area contributed by atoms with Gasteiger partial charge in [0.2, 0.25) is 0 Å². The zero-order chi connectivity index (χ0) is 17.7. The topological polar surface area (TPSA) is 78.9 Å². The Morgan fingerprint density at radius 1 is 1.16 bits per heavy atom. The summed E-state index contributed by atoms with van der Waals surface area (Å²) in [5.41, 5.74) is 1.02. The number of hydrogen-bond acceptors (Lipinski definition) is 4. The summed E-state index contributed by atoms with van der Waals surface area (Å²) in [6, 6.07) is 0. The predicted molar refractivity (Wildman–Crippen MR) is 93.4 cm³/mol. The van der Waals surface area contributed by atoms with Gasteiger partial charge in [0.05, 0.1) is 31.9 Å². The van der Waals surface area contributed by atoms with Gasteiger partial charge in [0.15, 0.2) is 11.2 Å². The normalized spacial score (nSPS) is 16.3. The van der Waals surface area contributed by atoms with Gasteiger partial charge >= 0.3 is 11.5 Å². The van der Waals surface area contributed by atoms with E-state index >= 15 is 0 Å². The van der Waals surface area contributed by atoms with Gasteiger partial charge in [0.25, 0.3) is 5.56 Å². The van der Waals surface area contributed by atoms with Crippen molar-refractivity contribution in [1.29, 1.82) is 0 Å². The first-order chi connectivity index (χ1) is 12.0. The molecule has 0 amide bonds. The standard InChI is InChI=1S/C17H23N5O3/c1-11-12(2)25-16-18-14-13(22(11)16)15(23)21(17(24)19(14)3)10-9-20-7-5-4-6-8-20/h4-10H2,1-3H3/p+1. The van der Waals surface area contributed by atoms with Crippen molar-refractivity contribution in [2.75, 3.05) is 19.6 Å². The van der Waals surface area contributed by atoms with Gasteiger partial charge in [-0.1, -0.05) is 0 Å². The number of nitrogens with zero attached hydrogens (tertiary/aromatic N) is 4. The van der Waals surface area contributed by atoms with E-state index in [-0.39, 0.29) is 11.2 Å². The highest BCUT2D eigenvalue weighted by atomic mass is 16.4. The quantitative estimate of drug-likeness (QED) is 0.702. The lowest BCUT2D eigenvalue weighted by molar-refractivity contribution is -0.905. The van der Waals surface area contributed by atoms with Gasteiger partial charge in [-0.3, -0.25) is 18.3 Å². The average Bonchev–Trinajstić information content (AvgIpc) is 3.11. The number of imidazole rings is 1. The maximum Gasteiger partial charge on any atom is 0.332 e. The third kappa shape index (κ3) is 2.43. The Hall–Kier alpha value is -2.35. The lowest BCUT2D eigenvalue weighted by Crippen LogP contribution is -3.13. The van der Waals surface area contributed by atoms with E-state index in [4.69, 9.17) is 4.42 Å². The van der Waals surface area contributed by atoms with Crippen LogP contribution in [0.3, 0.4) is 0 Å². The van der Waals surface area contributed by atoms with Gasteiger partial charge in [0, 0.05) is 7.05 Å².